The van der Waals surface area contributed by atoms with Crippen LogP contribution in [0.1, 0.15) is 12.0 Å². The van der Waals surface area contributed by atoms with E-state index in [1.807, 2.05) is 6.07 Å². The molecule has 0 heteroatoms. The summed E-state index contributed by atoms with van der Waals surface area (Å²) < 4.78 is 0. The van der Waals surface area contributed by atoms with Crippen molar-refractivity contribution in [1.82, 2.24) is 0 Å². The highest BCUT2D eigenvalue weighted by Gasteiger charge is 1.95. The molecule has 0 saturated heterocycles. The Morgan fingerprint density at radius 1 is 0.923 bits per heavy atom. The molecule has 13 heavy (non-hydrogen) atoms. The van der Waals surface area contributed by atoms with Gasteiger partial charge in [-0.1, -0.05) is 60.7 Å². The van der Waals surface area contributed by atoms with Gasteiger partial charge >= 0.3 is 0 Å². The smallest absolute Gasteiger partial charge is 0.0163 e. The zero-order valence-corrected chi connectivity index (χ0v) is 7.48. The van der Waals surface area contributed by atoms with Gasteiger partial charge in [0.2, 0.25) is 0 Å². The lowest BCUT2D eigenvalue weighted by Crippen LogP contribution is -1.77. The minimum atomic E-state index is 1.03. The second-order valence-electron chi connectivity index (χ2n) is 3.05. The van der Waals surface area contributed by atoms with E-state index in [0.29, 0.717) is 0 Å². The summed E-state index contributed by atoms with van der Waals surface area (Å²) in [5.74, 6) is 0. The van der Waals surface area contributed by atoms with E-state index >= 15 is 0 Å². The van der Waals surface area contributed by atoms with E-state index < -0.39 is 0 Å². The van der Waals surface area contributed by atoms with Gasteiger partial charge < -0.3 is 0 Å². The first-order valence-electron chi connectivity index (χ1n) is 4.55. The molecule has 0 radical (unpaired) electrons. The molecule has 0 nitrogen and oxygen atoms in total. The molecular formula is C13H12. The fourth-order valence-corrected chi connectivity index (χ4v) is 1.40. The van der Waals surface area contributed by atoms with Crippen LogP contribution in [-0.2, 0) is 0 Å². The highest BCUT2D eigenvalue weighted by Crippen LogP contribution is 2.17. The van der Waals surface area contributed by atoms with Crippen LogP contribution in [0, 0.1) is 0 Å². The van der Waals surface area contributed by atoms with E-state index in [-0.39, 0.29) is 0 Å². The number of allylic oxidation sites excluding steroid dienone is 6. The van der Waals surface area contributed by atoms with Crippen molar-refractivity contribution >= 4 is 5.57 Å². The van der Waals surface area contributed by atoms with Crippen molar-refractivity contribution in [1.29, 1.82) is 0 Å². The van der Waals surface area contributed by atoms with Crippen molar-refractivity contribution in [3.05, 3.63) is 66.3 Å². The molecule has 0 aliphatic heterocycles. The van der Waals surface area contributed by atoms with Crippen LogP contribution in [0.5, 0.6) is 0 Å². The van der Waals surface area contributed by atoms with Gasteiger partial charge in [0, 0.05) is 0 Å². The first kappa shape index (κ1) is 8.06. The summed E-state index contributed by atoms with van der Waals surface area (Å²) in [5, 5.41) is 0. The number of rotatable bonds is 1. The average molecular weight is 168 g/mol. The third kappa shape index (κ3) is 1.97. The molecule has 0 saturated carbocycles. The van der Waals surface area contributed by atoms with Crippen molar-refractivity contribution in [3.8, 4) is 0 Å². The van der Waals surface area contributed by atoms with Crippen LogP contribution in [0.3, 0.4) is 0 Å². The zero-order valence-electron chi connectivity index (χ0n) is 7.48. The molecule has 1 aromatic carbocycles. The van der Waals surface area contributed by atoms with Crippen LogP contribution < -0.4 is 0 Å². The molecule has 0 amide bonds. The van der Waals surface area contributed by atoms with E-state index in [2.05, 4.69) is 54.6 Å². The van der Waals surface area contributed by atoms with Crippen LogP contribution in [-0.4, -0.2) is 0 Å². The fraction of sp³-hybridized carbons (Fsp3) is 0.0769. The van der Waals surface area contributed by atoms with Crippen LogP contribution >= 0.6 is 0 Å². The molecule has 0 heterocycles. The molecule has 2 rings (SSSR count). The molecule has 0 atom stereocenters. The molecular weight excluding hydrogens is 156 g/mol. The molecule has 64 valence electrons. The van der Waals surface area contributed by atoms with Crippen LogP contribution in [0.15, 0.2) is 60.7 Å². The molecule has 1 aliphatic carbocycles. The monoisotopic (exact) mass is 168 g/mol. The first-order chi connectivity index (χ1) is 6.47. The summed E-state index contributed by atoms with van der Waals surface area (Å²) in [6.45, 7) is 0. The minimum Gasteiger partial charge on any atom is -0.0807 e. The predicted molar refractivity (Wildman–Crippen MR) is 57.3 cm³/mol. The normalized spacial score (nSPS) is 15.2. The lowest BCUT2D eigenvalue weighted by Gasteiger charge is -1.99. The predicted octanol–water partition coefficient (Wildman–Crippen LogP) is 3.59. The lowest BCUT2D eigenvalue weighted by molar-refractivity contribution is 1.41. The molecule has 1 aromatic rings. The average Bonchev–Trinajstić information content (AvgIpc) is 2.47. The Hall–Kier alpha value is -1.56. The summed E-state index contributed by atoms with van der Waals surface area (Å²) in [7, 11) is 0. The maximum atomic E-state index is 2.18. The first-order valence-corrected chi connectivity index (χ1v) is 4.55. The van der Waals surface area contributed by atoms with Crippen molar-refractivity contribution in [2.75, 3.05) is 0 Å². The standard InChI is InChI=1S/C13H12/c1-2-5-9-12(8-4-1)13-10-6-3-7-11-13/h1,3-11H,2H2. The summed E-state index contributed by atoms with van der Waals surface area (Å²) >= 11 is 0. The Labute approximate surface area is 78.9 Å². The molecule has 0 fully saturated rings. The molecule has 0 unspecified atom stereocenters. The summed E-state index contributed by atoms with van der Waals surface area (Å²) in [6, 6.07) is 10.4. The van der Waals surface area contributed by atoms with E-state index in [0.717, 1.165) is 6.42 Å². The fourth-order valence-electron chi connectivity index (χ4n) is 1.40. The van der Waals surface area contributed by atoms with Gasteiger partial charge in [0.1, 0.15) is 0 Å². The Kier molecular flexibility index (Phi) is 2.42. The van der Waals surface area contributed by atoms with Gasteiger partial charge in [0.25, 0.3) is 0 Å². The second kappa shape index (κ2) is 3.90. The Balaban J connectivity index is 2.36. The number of hydrogen-bond acceptors (Lipinski definition) is 0. The van der Waals surface area contributed by atoms with Gasteiger partial charge in [0.05, 0.1) is 0 Å². The molecule has 0 N–H and O–H groups in total. The Morgan fingerprint density at radius 3 is 2.62 bits per heavy atom. The maximum Gasteiger partial charge on any atom is -0.0163 e. The summed E-state index contributed by atoms with van der Waals surface area (Å²) in [5.41, 5.74) is 2.57. The van der Waals surface area contributed by atoms with Crippen molar-refractivity contribution in [2.45, 2.75) is 6.42 Å². The highest BCUT2D eigenvalue weighted by molar-refractivity contribution is 5.75. The van der Waals surface area contributed by atoms with Crippen LogP contribution in [0.25, 0.3) is 5.57 Å². The van der Waals surface area contributed by atoms with E-state index in [1.54, 1.807) is 0 Å². The third-order valence-electron chi connectivity index (χ3n) is 2.09. The maximum absolute atomic E-state index is 2.18. The number of hydrogen-bond donors (Lipinski definition) is 0. The van der Waals surface area contributed by atoms with Gasteiger partial charge in [-0.2, -0.15) is 0 Å². The van der Waals surface area contributed by atoms with Crippen molar-refractivity contribution in [2.24, 2.45) is 0 Å². The SMILES string of the molecule is C1=CCC=CC(c2ccccc2)=C1. The third-order valence-corrected chi connectivity index (χ3v) is 2.09. The van der Waals surface area contributed by atoms with Crippen LogP contribution in [0.4, 0.5) is 0 Å². The number of benzene rings is 1. The second-order valence-corrected chi connectivity index (χ2v) is 3.05. The van der Waals surface area contributed by atoms with Crippen molar-refractivity contribution in [3.63, 3.8) is 0 Å². The van der Waals surface area contributed by atoms with Gasteiger partial charge in [-0.15, -0.1) is 0 Å². The largest absolute Gasteiger partial charge is 0.0807 e. The molecule has 1 aliphatic rings. The minimum absolute atomic E-state index is 1.03. The van der Waals surface area contributed by atoms with Gasteiger partial charge in [-0.25, -0.2) is 0 Å². The summed E-state index contributed by atoms with van der Waals surface area (Å²) in [4.78, 5) is 0. The molecule has 0 spiro atoms. The molecule has 0 bridgehead atoms. The van der Waals surface area contributed by atoms with Gasteiger partial charge in [0.15, 0.2) is 0 Å². The van der Waals surface area contributed by atoms with Crippen molar-refractivity contribution < 1.29 is 0 Å². The highest BCUT2D eigenvalue weighted by atomic mass is 14.0. The quantitative estimate of drug-likeness (QED) is 0.601. The topological polar surface area (TPSA) is 0 Å². The van der Waals surface area contributed by atoms with Crippen LogP contribution in [0.2, 0.25) is 0 Å². The van der Waals surface area contributed by atoms with Gasteiger partial charge in [-0.3, -0.25) is 0 Å². The summed E-state index contributed by atoms with van der Waals surface area (Å²) in [6.07, 6.45) is 11.8. The molecule has 0 aromatic heterocycles. The van der Waals surface area contributed by atoms with E-state index in [1.165, 1.54) is 11.1 Å². The Bertz CT molecular complexity index is 353. The van der Waals surface area contributed by atoms with E-state index in [4.69, 9.17) is 0 Å². The zero-order chi connectivity index (χ0) is 8.93. The lowest BCUT2D eigenvalue weighted by atomic mass is 10.1. The Morgan fingerprint density at radius 2 is 1.77 bits per heavy atom. The van der Waals surface area contributed by atoms with E-state index in [9.17, 15) is 0 Å². The van der Waals surface area contributed by atoms with Gasteiger partial charge in [-0.05, 0) is 17.6 Å².